The Bertz CT molecular complexity index is 344. The first-order chi connectivity index (χ1) is 7.34. The van der Waals surface area contributed by atoms with E-state index in [1.165, 1.54) is 4.88 Å². The van der Waals surface area contributed by atoms with E-state index in [9.17, 15) is 4.79 Å². The molecule has 0 aliphatic heterocycles. The smallest absolute Gasteiger partial charge is 0.241 e. The fourth-order valence-electron chi connectivity index (χ4n) is 1.77. The Balaban J connectivity index is 2.69. The average molecular weight is 240 g/mol. The molecule has 1 N–H and O–H groups in total. The highest BCUT2D eigenvalue weighted by Crippen LogP contribution is 2.21. The van der Waals surface area contributed by atoms with Gasteiger partial charge in [-0.1, -0.05) is 6.07 Å². The molecule has 0 bridgehead atoms. The van der Waals surface area contributed by atoms with E-state index in [4.69, 9.17) is 0 Å². The van der Waals surface area contributed by atoms with Crippen LogP contribution in [0.4, 0.5) is 0 Å². The summed E-state index contributed by atoms with van der Waals surface area (Å²) in [4.78, 5) is 14.8. The summed E-state index contributed by atoms with van der Waals surface area (Å²) in [6, 6.07) is 4.30. The highest BCUT2D eigenvalue weighted by atomic mass is 32.1. The monoisotopic (exact) mass is 240 g/mol. The van der Waals surface area contributed by atoms with Crippen LogP contribution in [0.2, 0.25) is 0 Å². The molecular weight excluding hydrogens is 220 g/mol. The molecule has 1 atom stereocenters. The Morgan fingerprint density at radius 3 is 2.56 bits per heavy atom. The van der Waals surface area contributed by atoms with Crippen molar-refractivity contribution in [3.05, 3.63) is 22.4 Å². The van der Waals surface area contributed by atoms with Gasteiger partial charge >= 0.3 is 0 Å². The number of likely N-dealkylation sites (N-methyl/N-ethyl adjacent to an activating group) is 1. The minimum Gasteiger partial charge on any atom is -0.347 e. The summed E-state index contributed by atoms with van der Waals surface area (Å²) >= 11 is 1.70. The molecular formula is C12H20N2OS. The number of hydrogen-bond donors (Lipinski definition) is 1. The van der Waals surface area contributed by atoms with Crippen molar-refractivity contribution in [2.75, 3.05) is 14.1 Å². The van der Waals surface area contributed by atoms with Gasteiger partial charge in [0.2, 0.25) is 5.91 Å². The van der Waals surface area contributed by atoms with E-state index in [0.717, 1.165) is 0 Å². The Hall–Kier alpha value is -0.870. The first kappa shape index (κ1) is 13.2. The first-order valence-corrected chi connectivity index (χ1v) is 6.25. The van der Waals surface area contributed by atoms with Crippen molar-refractivity contribution in [2.45, 2.75) is 32.4 Å². The van der Waals surface area contributed by atoms with Crippen LogP contribution in [-0.2, 0) is 4.79 Å². The van der Waals surface area contributed by atoms with Crippen LogP contribution in [0.1, 0.15) is 31.7 Å². The number of nitrogens with zero attached hydrogens (tertiary/aromatic N) is 1. The summed E-state index contributed by atoms with van der Waals surface area (Å²) in [6.45, 7) is 5.91. The lowest BCUT2D eigenvalue weighted by Crippen LogP contribution is -2.52. The minimum atomic E-state index is -0.535. The molecule has 0 saturated heterocycles. The SMILES string of the molecule is CC(NC(C)(C)C(=O)N(C)C)c1cccs1. The van der Waals surface area contributed by atoms with Gasteiger partial charge in [0.15, 0.2) is 0 Å². The van der Waals surface area contributed by atoms with Gasteiger partial charge in [0, 0.05) is 25.0 Å². The summed E-state index contributed by atoms with van der Waals surface area (Å²) in [6.07, 6.45) is 0. The normalized spacial score (nSPS) is 13.6. The Labute approximate surface area is 101 Å². The second kappa shape index (κ2) is 4.97. The molecule has 0 radical (unpaired) electrons. The molecule has 3 nitrogen and oxygen atoms in total. The van der Waals surface area contributed by atoms with Crippen LogP contribution in [0.5, 0.6) is 0 Å². The van der Waals surface area contributed by atoms with Crippen molar-refractivity contribution in [1.82, 2.24) is 10.2 Å². The third kappa shape index (κ3) is 3.06. The second-order valence-corrected chi connectivity index (χ2v) is 5.69. The number of amides is 1. The van der Waals surface area contributed by atoms with E-state index in [2.05, 4.69) is 18.3 Å². The third-order valence-corrected chi connectivity index (χ3v) is 3.54. The molecule has 1 amide bonds. The molecule has 0 aliphatic rings. The van der Waals surface area contributed by atoms with Crippen LogP contribution >= 0.6 is 11.3 Å². The van der Waals surface area contributed by atoms with Crippen molar-refractivity contribution in [1.29, 1.82) is 0 Å². The molecule has 16 heavy (non-hydrogen) atoms. The van der Waals surface area contributed by atoms with Crippen molar-refractivity contribution in [3.63, 3.8) is 0 Å². The second-order valence-electron chi connectivity index (χ2n) is 4.71. The maximum absolute atomic E-state index is 11.9. The van der Waals surface area contributed by atoms with Crippen LogP contribution in [0.25, 0.3) is 0 Å². The molecule has 0 spiro atoms. The van der Waals surface area contributed by atoms with Gasteiger partial charge in [0.05, 0.1) is 5.54 Å². The predicted octanol–water partition coefficient (Wildman–Crippen LogP) is 2.27. The lowest BCUT2D eigenvalue weighted by Gasteiger charge is -2.31. The summed E-state index contributed by atoms with van der Waals surface area (Å²) in [5, 5.41) is 5.41. The number of nitrogens with one attached hydrogen (secondary N) is 1. The van der Waals surface area contributed by atoms with Crippen molar-refractivity contribution >= 4 is 17.2 Å². The number of thiophene rings is 1. The van der Waals surface area contributed by atoms with Gasteiger partial charge in [0.25, 0.3) is 0 Å². The largest absolute Gasteiger partial charge is 0.347 e. The first-order valence-electron chi connectivity index (χ1n) is 5.37. The van der Waals surface area contributed by atoms with E-state index < -0.39 is 5.54 Å². The summed E-state index contributed by atoms with van der Waals surface area (Å²) in [5.74, 6) is 0.0934. The average Bonchev–Trinajstić information content (AvgIpc) is 2.68. The number of hydrogen-bond acceptors (Lipinski definition) is 3. The van der Waals surface area contributed by atoms with Crippen LogP contribution in [-0.4, -0.2) is 30.4 Å². The van der Waals surface area contributed by atoms with E-state index in [-0.39, 0.29) is 11.9 Å². The molecule has 1 aromatic heterocycles. The highest BCUT2D eigenvalue weighted by molar-refractivity contribution is 7.10. The maximum Gasteiger partial charge on any atom is 0.241 e. The molecule has 1 rings (SSSR count). The molecule has 0 saturated carbocycles. The zero-order chi connectivity index (χ0) is 12.3. The Kier molecular flexibility index (Phi) is 4.10. The predicted molar refractivity (Wildman–Crippen MR) is 68.6 cm³/mol. The summed E-state index contributed by atoms with van der Waals surface area (Å²) in [5.41, 5.74) is -0.535. The van der Waals surface area contributed by atoms with Crippen LogP contribution in [0.15, 0.2) is 17.5 Å². The Morgan fingerprint density at radius 1 is 1.50 bits per heavy atom. The lowest BCUT2D eigenvalue weighted by molar-refractivity contribution is -0.134. The topological polar surface area (TPSA) is 32.3 Å². The van der Waals surface area contributed by atoms with E-state index in [0.29, 0.717) is 0 Å². The fourth-order valence-corrected chi connectivity index (χ4v) is 2.51. The molecule has 0 aromatic carbocycles. The van der Waals surface area contributed by atoms with Gasteiger partial charge < -0.3 is 4.90 Å². The van der Waals surface area contributed by atoms with E-state index in [1.807, 2.05) is 25.3 Å². The minimum absolute atomic E-state index is 0.0934. The Morgan fingerprint density at radius 2 is 2.12 bits per heavy atom. The van der Waals surface area contributed by atoms with Crippen molar-refractivity contribution < 1.29 is 4.79 Å². The number of carbonyl (C=O) groups is 1. The molecule has 0 aliphatic carbocycles. The maximum atomic E-state index is 11.9. The van der Waals surface area contributed by atoms with Crippen LogP contribution < -0.4 is 5.32 Å². The van der Waals surface area contributed by atoms with Gasteiger partial charge in [-0.05, 0) is 32.2 Å². The lowest BCUT2D eigenvalue weighted by atomic mass is 10.0. The molecule has 0 fully saturated rings. The van der Waals surface area contributed by atoms with Gasteiger partial charge in [-0.15, -0.1) is 11.3 Å². The van der Waals surface area contributed by atoms with E-state index in [1.54, 1.807) is 30.3 Å². The number of rotatable bonds is 4. The molecule has 4 heteroatoms. The quantitative estimate of drug-likeness (QED) is 0.875. The van der Waals surface area contributed by atoms with Crippen LogP contribution in [0, 0.1) is 0 Å². The van der Waals surface area contributed by atoms with Gasteiger partial charge in [-0.25, -0.2) is 0 Å². The van der Waals surface area contributed by atoms with Gasteiger partial charge in [-0.3, -0.25) is 10.1 Å². The van der Waals surface area contributed by atoms with Crippen LogP contribution in [0.3, 0.4) is 0 Å². The summed E-state index contributed by atoms with van der Waals surface area (Å²) < 4.78 is 0. The molecule has 1 aromatic rings. The highest BCUT2D eigenvalue weighted by Gasteiger charge is 2.30. The molecule has 1 unspecified atom stereocenters. The van der Waals surface area contributed by atoms with E-state index >= 15 is 0 Å². The third-order valence-electron chi connectivity index (χ3n) is 2.49. The zero-order valence-corrected chi connectivity index (χ0v) is 11.4. The molecule has 90 valence electrons. The zero-order valence-electron chi connectivity index (χ0n) is 10.6. The number of carbonyl (C=O) groups excluding carboxylic acids is 1. The summed E-state index contributed by atoms with van der Waals surface area (Å²) in [7, 11) is 3.56. The standard InChI is InChI=1S/C12H20N2OS/c1-9(10-7-6-8-16-10)13-12(2,3)11(15)14(4)5/h6-9,13H,1-5H3. The van der Waals surface area contributed by atoms with Gasteiger partial charge in [0.1, 0.15) is 0 Å². The van der Waals surface area contributed by atoms with Crippen molar-refractivity contribution in [2.24, 2.45) is 0 Å². The van der Waals surface area contributed by atoms with Crippen molar-refractivity contribution in [3.8, 4) is 0 Å². The molecule has 1 heterocycles. The van der Waals surface area contributed by atoms with Gasteiger partial charge in [-0.2, -0.15) is 0 Å². The fraction of sp³-hybridized carbons (Fsp3) is 0.583.